The standard InChI is InChI=1S/C8H13NO2/c1-6(2)4-8(3)5-11-7(10)9-8/h1,4-5H2,2-3H3,(H,9,10). The van der Waals surface area contributed by atoms with E-state index in [2.05, 4.69) is 11.9 Å². The number of hydrogen-bond donors (Lipinski definition) is 1. The van der Waals surface area contributed by atoms with Crippen LogP contribution >= 0.6 is 0 Å². The summed E-state index contributed by atoms with van der Waals surface area (Å²) in [6.07, 6.45) is 0.451. The van der Waals surface area contributed by atoms with E-state index in [1.54, 1.807) is 0 Å². The number of nitrogens with one attached hydrogen (secondary N) is 1. The number of ether oxygens (including phenoxy) is 1. The molecule has 1 fully saturated rings. The molecule has 0 spiro atoms. The van der Waals surface area contributed by atoms with Gasteiger partial charge in [0, 0.05) is 0 Å². The van der Waals surface area contributed by atoms with E-state index in [1.165, 1.54) is 0 Å². The Morgan fingerprint density at radius 1 is 1.91 bits per heavy atom. The number of rotatable bonds is 2. The summed E-state index contributed by atoms with van der Waals surface area (Å²) in [6.45, 7) is 8.12. The molecule has 1 amide bonds. The van der Waals surface area contributed by atoms with Gasteiger partial charge in [0.15, 0.2) is 0 Å². The molecular weight excluding hydrogens is 142 g/mol. The average Bonchev–Trinajstić information content (AvgIpc) is 2.08. The summed E-state index contributed by atoms with van der Waals surface area (Å²) >= 11 is 0. The maximum Gasteiger partial charge on any atom is 0.407 e. The number of carbonyl (C=O) groups excluding carboxylic acids is 1. The zero-order chi connectivity index (χ0) is 8.48. The normalized spacial score (nSPS) is 29.5. The van der Waals surface area contributed by atoms with Crippen LogP contribution in [0, 0.1) is 0 Å². The smallest absolute Gasteiger partial charge is 0.407 e. The monoisotopic (exact) mass is 155 g/mol. The van der Waals surface area contributed by atoms with Gasteiger partial charge in [-0.1, -0.05) is 5.57 Å². The third-order valence-corrected chi connectivity index (χ3v) is 1.62. The van der Waals surface area contributed by atoms with E-state index >= 15 is 0 Å². The summed E-state index contributed by atoms with van der Waals surface area (Å²) in [5.41, 5.74) is 0.821. The van der Waals surface area contributed by atoms with Gasteiger partial charge in [-0.05, 0) is 20.3 Å². The summed E-state index contributed by atoms with van der Waals surface area (Å²) < 4.78 is 4.78. The van der Waals surface area contributed by atoms with Crippen LogP contribution in [0.15, 0.2) is 12.2 Å². The molecule has 0 bridgehead atoms. The van der Waals surface area contributed by atoms with Gasteiger partial charge in [0.05, 0.1) is 5.54 Å². The largest absolute Gasteiger partial charge is 0.447 e. The fourth-order valence-electron chi connectivity index (χ4n) is 1.30. The summed E-state index contributed by atoms with van der Waals surface area (Å²) in [4.78, 5) is 10.7. The summed E-state index contributed by atoms with van der Waals surface area (Å²) in [6, 6.07) is 0. The predicted octanol–water partition coefficient (Wildman–Crippen LogP) is 1.45. The van der Waals surface area contributed by atoms with E-state index in [4.69, 9.17) is 4.74 Å². The fraction of sp³-hybridized carbons (Fsp3) is 0.625. The number of carbonyl (C=O) groups is 1. The summed E-state index contributed by atoms with van der Waals surface area (Å²) in [7, 11) is 0. The Hall–Kier alpha value is -0.990. The molecule has 0 aliphatic carbocycles. The molecule has 1 unspecified atom stereocenters. The average molecular weight is 155 g/mol. The van der Waals surface area contributed by atoms with Gasteiger partial charge >= 0.3 is 6.09 Å². The minimum Gasteiger partial charge on any atom is -0.447 e. The third-order valence-electron chi connectivity index (χ3n) is 1.62. The highest BCUT2D eigenvalue weighted by Gasteiger charge is 2.34. The van der Waals surface area contributed by atoms with Crippen molar-refractivity contribution in [3.63, 3.8) is 0 Å². The first-order valence-corrected chi connectivity index (χ1v) is 3.61. The zero-order valence-electron chi connectivity index (χ0n) is 6.94. The molecule has 0 aromatic rings. The van der Waals surface area contributed by atoms with Crippen LogP contribution < -0.4 is 5.32 Å². The quantitative estimate of drug-likeness (QED) is 0.613. The molecular formula is C8H13NO2. The molecule has 0 aromatic heterocycles. The molecule has 0 radical (unpaired) electrons. The van der Waals surface area contributed by atoms with Crippen molar-refractivity contribution in [3.05, 3.63) is 12.2 Å². The van der Waals surface area contributed by atoms with Crippen molar-refractivity contribution in [3.8, 4) is 0 Å². The van der Waals surface area contributed by atoms with Crippen molar-refractivity contribution in [1.82, 2.24) is 5.32 Å². The predicted molar refractivity (Wildman–Crippen MR) is 42.3 cm³/mol. The summed E-state index contributed by atoms with van der Waals surface area (Å²) in [5.74, 6) is 0. The Morgan fingerprint density at radius 3 is 2.91 bits per heavy atom. The lowest BCUT2D eigenvalue weighted by Gasteiger charge is -2.20. The Balaban J connectivity index is 2.55. The first-order valence-electron chi connectivity index (χ1n) is 3.61. The van der Waals surface area contributed by atoms with E-state index in [0.717, 1.165) is 12.0 Å². The maximum absolute atomic E-state index is 10.7. The molecule has 62 valence electrons. The van der Waals surface area contributed by atoms with Gasteiger partial charge in [0.2, 0.25) is 0 Å². The van der Waals surface area contributed by atoms with Crippen molar-refractivity contribution >= 4 is 6.09 Å². The molecule has 1 N–H and O–H groups in total. The van der Waals surface area contributed by atoms with Crippen molar-refractivity contribution in [1.29, 1.82) is 0 Å². The van der Waals surface area contributed by atoms with Crippen LogP contribution in [0.1, 0.15) is 20.3 Å². The zero-order valence-corrected chi connectivity index (χ0v) is 6.94. The van der Waals surface area contributed by atoms with Crippen LogP contribution in [0.25, 0.3) is 0 Å². The maximum atomic E-state index is 10.7. The van der Waals surface area contributed by atoms with Gasteiger partial charge < -0.3 is 10.1 Å². The van der Waals surface area contributed by atoms with Crippen LogP contribution in [0.3, 0.4) is 0 Å². The number of amides is 1. The van der Waals surface area contributed by atoms with Crippen LogP contribution in [0.2, 0.25) is 0 Å². The molecule has 3 heteroatoms. The summed E-state index contributed by atoms with van der Waals surface area (Å²) in [5, 5.41) is 2.74. The highest BCUT2D eigenvalue weighted by Crippen LogP contribution is 2.19. The van der Waals surface area contributed by atoms with E-state index in [1.807, 2.05) is 13.8 Å². The molecule has 1 saturated heterocycles. The number of alkyl carbamates (subject to hydrolysis) is 1. The second-order valence-electron chi connectivity index (χ2n) is 3.40. The van der Waals surface area contributed by atoms with Crippen molar-refractivity contribution < 1.29 is 9.53 Å². The molecule has 0 saturated carbocycles. The molecule has 3 nitrogen and oxygen atoms in total. The van der Waals surface area contributed by atoms with Crippen LogP contribution in [-0.4, -0.2) is 18.2 Å². The van der Waals surface area contributed by atoms with E-state index in [0.29, 0.717) is 6.61 Å². The minimum atomic E-state index is -0.325. The fourth-order valence-corrected chi connectivity index (χ4v) is 1.30. The van der Waals surface area contributed by atoms with Gasteiger partial charge in [0.1, 0.15) is 6.61 Å². The third kappa shape index (κ3) is 1.97. The lowest BCUT2D eigenvalue weighted by molar-refractivity contribution is 0.173. The molecule has 1 aliphatic heterocycles. The molecule has 1 heterocycles. The second-order valence-corrected chi connectivity index (χ2v) is 3.40. The molecule has 11 heavy (non-hydrogen) atoms. The number of cyclic esters (lactones) is 1. The van der Waals surface area contributed by atoms with Gasteiger partial charge in [-0.15, -0.1) is 6.58 Å². The Bertz CT molecular complexity index is 200. The molecule has 0 aromatic carbocycles. The highest BCUT2D eigenvalue weighted by atomic mass is 16.6. The Morgan fingerprint density at radius 2 is 2.55 bits per heavy atom. The molecule has 1 rings (SSSR count). The Kier molecular flexibility index (Phi) is 1.89. The van der Waals surface area contributed by atoms with Gasteiger partial charge in [-0.2, -0.15) is 0 Å². The van der Waals surface area contributed by atoms with Crippen molar-refractivity contribution in [2.75, 3.05) is 6.61 Å². The first-order chi connectivity index (χ1) is 5.02. The minimum absolute atomic E-state index is 0.233. The lowest BCUT2D eigenvalue weighted by Crippen LogP contribution is -2.40. The Labute approximate surface area is 66.4 Å². The van der Waals surface area contributed by atoms with Gasteiger partial charge in [-0.3, -0.25) is 0 Å². The van der Waals surface area contributed by atoms with Gasteiger partial charge in [-0.25, -0.2) is 4.79 Å². The van der Waals surface area contributed by atoms with E-state index in [-0.39, 0.29) is 11.6 Å². The highest BCUT2D eigenvalue weighted by molar-refractivity contribution is 5.70. The second kappa shape index (κ2) is 2.57. The first kappa shape index (κ1) is 8.11. The molecule has 1 aliphatic rings. The van der Waals surface area contributed by atoms with Crippen LogP contribution in [0.5, 0.6) is 0 Å². The van der Waals surface area contributed by atoms with Crippen molar-refractivity contribution in [2.24, 2.45) is 0 Å². The molecule has 1 atom stereocenters. The van der Waals surface area contributed by atoms with E-state index < -0.39 is 0 Å². The van der Waals surface area contributed by atoms with Gasteiger partial charge in [0.25, 0.3) is 0 Å². The van der Waals surface area contributed by atoms with E-state index in [9.17, 15) is 4.79 Å². The lowest BCUT2D eigenvalue weighted by atomic mass is 9.96. The van der Waals surface area contributed by atoms with Crippen LogP contribution in [-0.2, 0) is 4.74 Å². The SMILES string of the molecule is C=C(C)CC1(C)COC(=O)N1. The topological polar surface area (TPSA) is 38.3 Å². The van der Waals surface area contributed by atoms with Crippen molar-refractivity contribution in [2.45, 2.75) is 25.8 Å². The van der Waals surface area contributed by atoms with Crippen LogP contribution in [0.4, 0.5) is 4.79 Å². The number of hydrogen-bond acceptors (Lipinski definition) is 2.